The number of Topliss-reactive ketones (excluding diaryl/α,β-unsaturated/α-hetero) is 1. The number of rotatable bonds is 5. The summed E-state index contributed by atoms with van der Waals surface area (Å²) in [7, 11) is 0. The molecule has 0 spiro atoms. The van der Waals surface area contributed by atoms with Gasteiger partial charge in [0.2, 0.25) is 5.91 Å². The Kier molecular flexibility index (Phi) is 5.97. The van der Waals surface area contributed by atoms with Gasteiger partial charge in [0.15, 0.2) is 5.78 Å². The molecule has 0 aromatic heterocycles. The standard InChI is InChI=1S/C18H25NO2/c1-2-15-7-9-16(10-8-15)17(20)11-12-18(21)19-13-5-3-4-6-14-19/h7-10H,2-6,11-14H2,1H3. The lowest BCUT2D eigenvalue weighted by molar-refractivity contribution is -0.131. The first-order valence-electron chi connectivity index (χ1n) is 8.10. The molecule has 114 valence electrons. The molecule has 1 amide bonds. The van der Waals surface area contributed by atoms with Crippen LogP contribution < -0.4 is 0 Å². The molecule has 21 heavy (non-hydrogen) atoms. The molecule has 1 aromatic rings. The van der Waals surface area contributed by atoms with Gasteiger partial charge in [0.1, 0.15) is 0 Å². The Hall–Kier alpha value is -1.64. The third-order valence-corrected chi connectivity index (χ3v) is 4.21. The van der Waals surface area contributed by atoms with Crippen LogP contribution in [0.2, 0.25) is 0 Å². The zero-order valence-electron chi connectivity index (χ0n) is 12.9. The van der Waals surface area contributed by atoms with Crippen molar-refractivity contribution in [3.8, 4) is 0 Å². The number of ketones is 1. The number of carbonyl (C=O) groups is 2. The van der Waals surface area contributed by atoms with Gasteiger partial charge in [0.25, 0.3) is 0 Å². The second-order valence-corrected chi connectivity index (χ2v) is 5.77. The maximum Gasteiger partial charge on any atom is 0.223 e. The fourth-order valence-electron chi connectivity index (χ4n) is 2.77. The van der Waals surface area contributed by atoms with Crippen molar-refractivity contribution in [3.05, 3.63) is 35.4 Å². The zero-order chi connectivity index (χ0) is 15.1. The minimum atomic E-state index is 0.0702. The van der Waals surface area contributed by atoms with E-state index in [1.54, 1.807) is 0 Å². The number of likely N-dealkylation sites (tertiary alicyclic amines) is 1. The highest BCUT2D eigenvalue weighted by molar-refractivity contribution is 5.97. The van der Waals surface area contributed by atoms with Gasteiger partial charge in [-0.1, -0.05) is 44.0 Å². The van der Waals surface area contributed by atoms with Crippen molar-refractivity contribution in [2.75, 3.05) is 13.1 Å². The van der Waals surface area contributed by atoms with Gasteiger partial charge in [-0.05, 0) is 24.8 Å². The van der Waals surface area contributed by atoms with E-state index in [0.717, 1.165) is 37.9 Å². The maximum atomic E-state index is 12.2. The first-order valence-corrected chi connectivity index (χ1v) is 8.10. The van der Waals surface area contributed by atoms with E-state index in [-0.39, 0.29) is 11.7 Å². The average Bonchev–Trinajstić information content (AvgIpc) is 2.81. The minimum Gasteiger partial charge on any atom is -0.343 e. The highest BCUT2D eigenvalue weighted by Gasteiger charge is 2.16. The summed E-state index contributed by atoms with van der Waals surface area (Å²) >= 11 is 0. The summed E-state index contributed by atoms with van der Waals surface area (Å²) in [4.78, 5) is 26.2. The van der Waals surface area contributed by atoms with Gasteiger partial charge in [-0.25, -0.2) is 0 Å². The van der Waals surface area contributed by atoms with Crippen LogP contribution in [0.25, 0.3) is 0 Å². The molecule has 0 bridgehead atoms. The van der Waals surface area contributed by atoms with E-state index in [1.165, 1.54) is 18.4 Å². The average molecular weight is 287 g/mol. The molecule has 1 heterocycles. The van der Waals surface area contributed by atoms with Crippen LogP contribution in [-0.2, 0) is 11.2 Å². The van der Waals surface area contributed by atoms with Crippen LogP contribution >= 0.6 is 0 Å². The molecular formula is C18H25NO2. The van der Waals surface area contributed by atoms with Crippen molar-refractivity contribution in [2.45, 2.75) is 51.9 Å². The van der Waals surface area contributed by atoms with E-state index < -0.39 is 0 Å². The predicted molar refractivity (Wildman–Crippen MR) is 84.4 cm³/mol. The summed E-state index contributed by atoms with van der Waals surface area (Å²) in [5.74, 6) is 0.205. The fraction of sp³-hybridized carbons (Fsp3) is 0.556. The first kappa shape index (κ1) is 15.7. The Morgan fingerprint density at radius 1 is 0.952 bits per heavy atom. The molecule has 0 atom stereocenters. The molecule has 0 saturated carbocycles. The highest BCUT2D eigenvalue weighted by atomic mass is 16.2. The topological polar surface area (TPSA) is 37.4 Å². The molecule has 1 fully saturated rings. The number of benzene rings is 1. The molecule has 1 aliphatic rings. The number of carbonyl (C=O) groups excluding carboxylic acids is 2. The molecule has 1 aliphatic heterocycles. The predicted octanol–water partition coefficient (Wildman–Crippen LogP) is 3.61. The van der Waals surface area contributed by atoms with Crippen molar-refractivity contribution in [1.82, 2.24) is 4.90 Å². The Morgan fingerprint density at radius 3 is 2.14 bits per heavy atom. The molecule has 3 heteroatoms. The van der Waals surface area contributed by atoms with Crippen LogP contribution in [0.4, 0.5) is 0 Å². The van der Waals surface area contributed by atoms with Crippen LogP contribution in [-0.4, -0.2) is 29.7 Å². The van der Waals surface area contributed by atoms with Gasteiger partial charge in [0.05, 0.1) is 0 Å². The minimum absolute atomic E-state index is 0.0702. The quantitative estimate of drug-likeness (QED) is 0.776. The van der Waals surface area contributed by atoms with Crippen molar-refractivity contribution >= 4 is 11.7 Å². The van der Waals surface area contributed by atoms with Gasteiger partial charge < -0.3 is 4.90 Å². The van der Waals surface area contributed by atoms with E-state index in [2.05, 4.69) is 6.92 Å². The Bertz CT molecular complexity index is 470. The third kappa shape index (κ3) is 4.69. The van der Waals surface area contributed by atoms with Crippen molar-refractivity contribution in [2.24, 2.45) is 0 Å². The van der Waals surface area contributed by atoms with Gasteiger partial charge in [-0.2, -0.15) is 0 Å². The molecular weight excluding hydrogens is 262 g/mol. The Balaban J connectivity index is 1.83. The molecule has 2 rings (SSSR count). The lowest BCUT2D eigenvalue weighted by Gasteiger charge is -2.20. The van der Waals surface area contributed by atoms with Gasteiger partial charge in [-0.15, -0.1) is 0 Å². The largest absolute Gasteiger partial charge is 0.343 e. The second-order valence-electron chi connectivity index (χ2n) is 5.77. The van der Waals surface area contributed by atoms with Crippen LogP contribution in [0.3, 0.4) is 0 Å². The smallest absolute Gasteiger partial charge is 0.223 e. The van der Waals surface area contributed by atoms with Crippen LogP contribution in [0.1, 0.15) is 61.4 Å². The summed E-state index contributed by atoms with van der Waals surface area (Å²) in [5, 5.41) is 0. The molecule has 0 N–H and O–H groups in total. The van der Waals surface area contributed by atoms with Crippen LogP contribution in [0, 0.1) is 0 Å². The number of hydrogen-bond acceptors (Lipinski definition) is 2. The highest BCUT2D eigenvalue weighted by Crippen LogP contribution is 2.13. The summed E-state index contributed by atoms with van der Waals surface area (Å²) in [6.07, 6.45) is 6.26. The second kappa shape index (κ2) is 7.96. The van der Waals surface area contributed by atoms with Crippen molar-refractivity contribution < 1.29 is 9.59 Å². The lowest BCUT2D eigenvalue weighted by Crippen LogP contribution is -2.32. The van der Waals surface area contributed by atoms with Crippen LogP contribution in [0.15, 0.2) is 24.3 Å². The molecule has 1 saturated heterocycles. The molecule has 3 nitrogen and oxygen atoms in total. The lowest BCUT2D eigenvalue weighted by atomic mass is 10.0. The van der Waals surface area contributed by atoms with E-state index >= 15 is 0 Å². The van der Waals surface area contributed by atoms with E-state index in [1.807, 2.05) is 29.2 Å². The van der Waals surface area contributed by atoms with Crippen molar-refractivity contribution in [3.63, 3.8) is 0 Å². The van der Waals surface area contributed by atoms with Crippen molar-refractivity contribution in [1.29, 1.82) is 0 Å². The molecule has 0 aliphatic carbocycles. The van der Waals surface area contributed by atoms with Crippen LogP contribution in [0.5, 0.6) is 0 Å². The zero-order valence-corrected chi connectivity index (χ0v) is 12.9. The number of amides is 1. The van der Waals surface area contributed by atoms with E-state index in [0.29, 0.717) is 12.8 Å². The number of aryl methyl sites for hydroxylation is 1. The number of nitrogens with zero attached hydrogens (tertiary/aromatic N) is 1. The van der Waals surface area contributed by atoms with Gasteiger partial charge in [-0.3, -0.25) is 9.59 Å². The monoisotopic (exact) mass is 287 g/mol. The third-order valence-electron chi connectivity index (χ3n) is 4.21. The summed E-state index contributed by atoms with van der Waals surface area (Å²) < 4.78 is 0. The Labute approximate surface area is 127 Å². The van der Waals surface area contributed by atoms with E-state index in [4.69, 9.17) is 0 Å². The summed E-state index contributed by atoms with van der Waals surface area (Å²) in [6.45, 7) is 3.81. The molecule has 0 unspecified atom stereocenters. The first-order chi connectivity index (χ1) is 10.2. The molecule has 1 aromatic carbocycles. The van der Waals surface area contributed by atoms with Gasteiger partial charge in [0, 0.05) is 31.5 Å². The summed E-state index contributed by atoms with van der Waals surface area (Å²) in [5.41, 5.74) is 1.95. The Morgan fingerprint density at radius 2 is 1.57 bits per heavy atom. The number of hydrogen-bond donors (Lipinski definition) is 0. The SMILES string of the molecule is CCc1ccc(C(=O)CCC(=O)N2CCCCCC2)cc1. The molecule has 0 radical (unpaired) electrons. The fourth-order valence-corrected chi connectivity index (χ4v) is 2.77. The normalized spacial score (nSPS) is 15.6. The van der Waals surface area contributed by atoms with Gasteiger partial charge >= 0.3 is 0 Å². The summed E-state index contributed by atoms with van der Waals surface area (Å²) in [6, 6.07) is 7.73. The maximum absolute atomic E-state index is 12.2. The van der Waals surface area contributed by atoms with E-state index in [9.17, 15) is 9.59 Å².